The molecule has 0 amide bonds. The van der Waals surface area contributed by atoms with Gasteiger partial charge in [-0.15, -0.1) is 11.3 Å². The van der Waals surface area contributed by atoms with E-state index in [4.69, 9.17) is 16.3 Å². The average molecular weight is 395 g/mol. The number of fused-ring (bicyclic) bond motifs is 1. The van der Waals surface area contributed by atoms with E-state index in [-0.39, 0.29) is 18.1 Å². The Kier molecular flexibility index (Phi) is 4.72. The molecule has 1 N–H and O–H groups in total. The first-order chi connectivity index (χ1) is 12.2. The molecule has 3 aromatic rings. The van der Waals surface area contributed by atoms with Crippen LogP contribution in [-0.2, 0) is 16.1 Å². The Morgan fingerprint density at radius 3 is 2.73 bits per heavy atom. The zero-order chi connectivity index (χ0) is 19.1. The number of ketones is 1. The highest BCUT2D eigenvalue weighted by Gasteiger charge is 2.37. The normalized spacial score (nSPS) is 11.7. The van der Waals surface area contributed by atoms with Crippen LogP contribution in [0.1, 0.15) is 36.1 Å². The van der Waals surface area contributed by atoms with Crippen molar-refractivity contribution in [3.63, 3.8) is 0 Å². The van der Waals surface area contributed by atoms with Crippen molar-refractivity contribution in [2.45, 2.75) is 32.9 Å². The van der Waals surface area contributed by atoms with E-state index in [0.717, 1.165) is 4.88 Å². The molecule has 0 unspecified atom stereocenters. The molecule has 0 aliphatic heterocycles. The van der Waals surface area contributed by atoms with E-state index in [1.54, 1.807) is 55.9 Å². The maximum absolute atomic E-state index is 12.7. The summed E-state index contributed by atoms with van der Waals surface area (Å²) in [6, 6.07) is 5.21. The van der Waals surface area contributed by atoms with Crippen LogP contribution < -0.4 is 4.40 Å². The number of carbonyl (C=O) groups excluding carboxylic acids is 2. The monoisotopic (exact) mass is 394 g/mol. The molecule has 0 aliphatic carbocycles. The molecule has 0 saturated carbocycles. The highest BCUT2D eigenvalue weighted by Crippen LogP contribution is 2.24. The summed E-state index contributed by atoms with van der Waals surface area (Å²) in [5.41, 5.74) is -0.422. The molecule has 0 aromatic carbocycles. The number of halogens is 1. The molecule has 0 radical (unpaired) electrons. The number of hydrogen-bond donors (Lipinski definition) is 1. The number of pyridine rings is 1. The van der Waals surface area contributed by atoms with Crippen molar-refractivity contribution in [1.29, 1.82) is 0 Å². The number of rotatable bonds is 4. The smallest absolute Gasteiger partial charge is 0.384 e. The highest BCUT2D eigenvalue weighted by atomic mass is 35.5. The predicted molar refractivity (Wildman–Crippen MR) is 95.7 cm³/mol. The lowest BCUT2D eigenvalue weighted by molar-refractivity contribution is -0.521. The zero-order valence-electron chi connectivity index (χ0n) is 14.4. The molecular weight excluding hydrogens is 378 g/mol. The minimum atomic E-state index is -1.03. The van der Waals surface area contributed by atoms with Gasteiger partial charge in [0.25, 0.3) is 11.3 Å². The van der Waals surface area contributed by atoms with Gasteiger partial charge < -0.3 is 9.84 Å². The van der Waals surface area contributed by atoms with Gasteiger partial charge in [0.15, 0.2) is 4.47 Å². The van der Waals surface area contributed by atoms with Gasteiger partial charge in [-0.3, -0.25) is 4.79 Å². The summed E-state index contributed by atoms with van der Waals surface area (Å²) < 4.78 is 8.51. The van der Waals surface area contributed by atoms with E-state index in [1.165, 1.54) is 15.7 Å². The SMILES string of the molecule is CC(C)(C)OC(=O)C(=O)c1c(O)[n+]2ccccc2n1Cc1cnc(Cl)s1. The van der Waals surface area contributed by atoms with Gasteiger partial charge in [-0.1, -0.05) is 17.7 Å². The molecule has 3 aromatic heterocycles. The number of thiazole rings is 1. The van der Waals surface area contributed by atoms with E-state index >= 15 is 0 Å². The Morgan fingerprint density at radius 2 is 2.12 bits per heavy atom. The van der Waals surface area contributed by atoms with Gasteiger partial charge in [0, 0.05) is 12.3 Å². The summed E-state index contributed by atoms with van der Waals surface area (Å²) in [5.74, 6) is -2.27. The minimum Gasteiger partial charge on any atom is -0.474 e. The summed E-state index contributed by atoms with van der Waals surface area (Å²) in [7, 11) is 0. The Balaban J connectivity index is 2.11. The number of aromatic nitrogens is 3. The maximum Gasteiger partial charge on any atom is 0.384 e. The van der Waals surface area contributed by atoms with E-state index in [2.05, 4.69) is 4.98 Å². The van der Waals surface area contributed by atoms with Crippen LogP contribution >= 0.6 is 22.9 Å². The number of carbonyl (C=O) groups is 2. The Labute approximate surface area is 158 Å². The minimum absolute atomic E-state index is 0.144. The average Bonchev–Trinajstić information content (AvgIpc) is 3.08. The van der Waals surface area contributed by atoms with Crippen LogP contribution in [0.2, 0.25) is 4.47 Å². The van der Waals surface area contributed by atoms with E-state index in [1.807, 2.05) is 0 Å². The Morgan fingerprint density at radius 1 is 1.38 bits per heavy atom. The molecule has 0 bridgehead atoms. The molecule has 9 heteroatoms. The third-order valence-electron chi connectivity index (χ3n) is 3.46. The number of ether oxygens (including phenoxy) is 1. The van der Waals surface area contributed by atoms with Gasteiger partial charge in [-0.25, -0.2) is 14.3 Å². The Hall–Kier alpha value is -2.45. The first kappa shape index (κ1) is 18.3. The van der Waals surface area contributed by atoms with Crippen molar-refractivity contribution in [1.82, 2.24) is 9.55 Å². The van der Waals surface area contributed by atoms with Crippen LogP contribution in [-0.4, -0.2) is 32.0 Å². The highest BCUT2D eigenvalue weighted by molar-refractivity contribution is 7.15. The summed E-state index contributed by atoms with van der Waals surface area (Å²) in [6.07, 6.45) is 3.19. The van der Waals surface area contributed by atoms with Gasteiger partial charge in [-0.2, -0.15) is 4.40 Å². The summed E-state index contributed by atoms with van der Waals surface area (Å²) >= 11 is 7.13. The molecular formula is C17H17ClN3O4S+. The van der Waals surface area contributed by atoms with Crippen LogP contribution in [0.5, 0.6) is 5.88 Å². The van der Waals surface area contributed by atoms with Crippen molar-refractivity contribution in [2.24, 2.45) is 0 Å². The third-order valence-corrected chi connectivity index (χ3v) is 4.56. The van der Waals surface area contributed by atoms with Crippen molar-refractivity contribution >= 4 is 40.3 Å². The van der Waals surface area contributed by atoms with Crippen molar-refractivity contribution in [3.05, 3.63) is 45.6 Å². The fourth-order valence-electron chi connectivity index (χ4n) is 2.50. The van der Waals surface area contributed by atoms with Gasteiger partial charge in [-0.05, 0) is 26.8 Å². The fourth-order valence-corrected chi connectivity index (χ4v) is 3.47. The fraction of sp³-hybridized carbons (Fsp3) is 0.294. The largest absolute Gasteiger partial charge is 0.474 e. The lowest BCUT2D eigenvalue weighted by Gasteiger charge is -2.18. The number of hydrogen-bond acceptors (Lipinski definition) is 6. The lowest BCUT2D eigenvalue weighted by Crippen LogP contribution is -2.30. The molecule has 0 fully saturated rings. The van der Waals surface area contributed by atoms with Crippen molar-refractivity contribution < 1.29 is 23.8 Å². The van der Waals surface area contributed by atoms with Gasteiger partial charge >= 0.3 is 17.6 Å². The van der Waals surface area contributed by atoms with Crippen LogP contribution in [0.3, 0.4) is 0 Å². The standard InChI is InChI=1S/C17H16ClN3O4S/c1-17(2,3)25-15(24)13(22)12-14(23)20-7-5-4-6-11(20)21(12)9-10-8-19-16(18)26-10/h4-8H,9H2,1-3H3/p+1. The summed E-state index contributed by atoms with van der Waals surface area (Å²) in [4.78, 5) is 29.7. The molecule has 0 atom stereocenters. The molecule has 26 heavy (non-hydrogen) atoms. The summed E-state index contributed by atoms with van der Waals surface area (Å²) in [6.45, 7) is 5.23. The molecule has 0 aliphatic rings. The number of esters is 1. The van der Waals surface area contributed by atoms with Crippen LogP contribution in [0, 0.1) is 0 Å². The maximum atomic E-state index is 12.7. The first-order valence-corrected chi connectivity index (χ1v) is 8.96. The second-order valence-electron chi connectivity index (χ2n) is 6.60. The molecule has 3 heterocycles. The Bertz CT molecular complexity index is 1000. The zero-order valence-corrected chi connectivity index (χ0v) is 16.0. The number of Topliss-reactive ketones (excluding diaryl/α,β-unsaturated/α-hetero) is 1. The third kappa shape index (κ3) is 3.56. The molecule has 3 rings (SSSR count). The van der Waals surface area contributed by atoms with Crippen LogP contribution in [0.25, 0.3) is 5.65 Å². The number of nitrogens with zero attached hydrogens (tertiary/aromatic N) is 3. The molecule has 0 spiro atoms. The van der Waals surface area contributed by atoms with Crippen molar-refractivity contribution in [3.8, 4) is 5.88 Å². The first-order valence-electron chi connectivity index (χ1n) is 7.77. The quantitative estimate of drug-likeness (QED) is 0.318. The van der Waals surface area contributed by atoms with Gasteiger partial charge in [0.1, 0.15) is 12.1 Å². The van der Waals surface area contributed by atoms with Gasteiger partial charge in [0.05, 0.1) is 11.1 Å². The number of imidazole rings is 1. The molecule has 0 saturated heterocycles. The van der Waals surface area contributed by atoms with E-state index in [0.29, 0.717) is 10.1 Å². The van der Waals surface area contributed by atoms with Gasteiger partial charge in [0.2, 0.25) is 0 Å². The predicted octanol–water partition coefficient (Wildman–Crippen LogP) is 2.62. The van der Waals surface area contributed by atoms with Crippen molar-refractivity contribution in [2.75, 3.05) is 0 Å². The molecule has 136 valence electrons. The summed E-state index contributed by atoms with van der Waals surface area (Å²) in [5, 5.41) is 10.5. The lowest BCUT2D eigenvalue weighted by atomic mass is 10.2. The van der Waals surface area contributed by atoms with E-state index in [9.17, 15) is 14.7 Å². The van der Waals surface area contributed by atoms with E-state index < -0.39 is 17.4 Å². The second kappa shape index (κ2) is 6.69. The van der Waals surface area contributed by atoms with Crippen LogP contribution in [0.15, 0.2) is 30.6 Å². The second-order valence-corrected chi connectivity index (χ2v) is 8.30. The number of aromatic hydroxyl groups is 1. The van der Waals surface area contributed by atoms with Crippen LogP contribution in [0.4, 0.5) is 0 Å². The molecule has 7 nitrogen and oxygen atoms in total. The topological polar surface area (TPSA) is 85.5 Å².